The SMILES string of the molecule is CCCCC(CN)NS(=O)(=O)c1c(C(=O)OC)sc2ccccc12.Cl. The van der Waals surface area contributed by atoms with Gasteiger partial charge in [0.15, 0.2) is 0 Å². The normalized spacial score (nSPS) is 12.6. The van der Waals surface area contributed by atoms with Crippen LogP contribution in [0.4, 0.5) is 0 Å². The molecule has 9 heteroatoms. The Kier molecular flexibility index (Phi) is 8.30. The molecular formula is C16H23ClN2O4S2. The number of methoxy groups -OCH3 is 1. The Morgan fingerprint density at radius 1 is 1.36 bits per heavy atom. The molecule has 140 valence electrons. The Bertz CT molecular complexity index is 821. The summed E-state index contributed by atoms with van der Waals surface area (Å²) in [7, 11) is -2.65. The van der Waals surface area contributed by atoms with Gasteiger partial charge >= 0.3 is 5.97 Å². The number of unbranched alkanes of at least 4 members (excludes halogenated alkanes) is 1. The molecule has 0 aliphatic rings. The maximum Gasteiger partial charge on any atom is 0.349 e. The fourth-order valence-corrected chi connectivity index (χ4v) is 5.57. The van der Waals surface area contributed by atoms with E-state index in [9.17, 15) is 13.2 Å². The molecule has 0 aliphatic carbocycles. The predicted octanol–water partition coefficient (Wildman–Crippen LogP) is 2.91. The molecule has 2 aromatic rings. The number of ether oxygens (including phenoxy) is 1. The van der Waals surface area contributed by atoms with Gasteiger partial charge in [0.05, 0.1) is 7.11 Å². The van der Waals surface area contributed by atoms with Crippen molar-refractivity contribution in [3.8, 4) is 0 Å². The van der Waals surface area contributed by atoms with Gasteiger partial charge in [0.1, 0.15) is 9.77 Å². The zero-order valence-corrected chi connectivity index (χ0v) is 16.6. The number of rotatable bonds is 8. The van der Waals surface area contributed by atoms with Gasteiger partial charge in [-0.25, -0.2) is 17.9 Å². The van der Waals surface area contributed by atoms with E-state index in [1.54, 1.807) is 24.3 Å². The third-order valence-electron chi connectivity index (χ3n) is 3.70. The Morgan fingerprint density at radius 3 is 2.64 bits per heavy atom. The number of fused-ring (bicyclic) bond motifs is 1. The summed E-state index contributed by atoms with van der Waals surface area (Å²) in [5, 5.41) is 0.515. The number of sulfonamides is 1. The van der Waals surface area contributed by atoms with Crippen LogP contribution in [-0.4, -0.2) is 34.1 Å². The molecule has 1 heterocycles. The van der Waals surface area contributed by atoms with Crippen molar-refractivity contribution in [2.24, 2.45) is 5.73 Å². The lowest BCUT2D eigenvalue weighted by Gasteiger charge is -2.17. The number of benzene rings is 1. The summed E-state index contributed by atoms with van der Waals surface area (Å²) in [5.41, 5.74) is 5.69. The number of hydrogen-bond acceptors (Lipinski definition) is 6. The molecule has 2 rings (SSSR count). The van der Waals surface area contributed by atoms with Crippen molar-refractivity contribution in [3.05, 3.63) is 29.1 Å². The Morgan fingerprint density at radius 2 is 2.04 bits per heavy atom. The van der Waals surface area contributed by atoms with E-state index < -0.39 is 16.0 Å². The van der Waals surface area contributed by atoms with Gasteiger partial charge in [0.25, 0.3) is 0 Å². The number of hydrogen-bond donors (Lipinski definition) is 2. The molecule has 0 aliphatic heterocycles. The molecule has 25 heavy (non-hydrogen) atoms. The van der Waals surface area contributed by atoms with Crippen LogP contribution in [0.2, 0.25) is 0 Å². The molecule has 1 aromatic carbocycles. The first-order valence-electron chi connectivity index (χ1n) is 7.76. The minimum atomic E-state index is -3.89. The van der Waals surface area contributed by atoms with Crippen molar-refractivity contribution in [2.45, 2.75) is 37.1 Å². The summed E-state index contributed by atoms with van der Waals surface area (Å²) in [6.45, 7) is 2.23. The van der Waals surface area contributed by atoms with Crippen LogP contribution in [0.5, 0.6) is 0 Å². The van der Waals surface area contributed by atoms with Crippen LogP contribution in [0.3, 0.4) is 0 Å². The van der Waals surface area contributed by atoms with Crippen LogP contribution < -0.4 is 10.5 Å². The Labute approximate surface area is 158 Å². The molecule has 0 amide bonds. The van der Waals surface area contributed by atoms with Gasteiger partial charge in [-0.3, -0.25) is 0 Å². The monoisotopic (exact) mass is 406 g/mol. The molecule has 1 aromatic heterocycles. The second kappa shape index (κ2) is 9.49. The topological polar surface area (TPSA) is 98.5 Å². The van der Waals surface area contributed by atoms with Crippen LogP contribution in [0.1, 0.15) is 35.9 Å². The molecular weight excluding hydrogens is 384 g/mol. The van der Waals surface area contributed by atoms with Crippen molar-refractivity contribution in [1.82, 2.24) is 4.72 Å². The molecule has 0 fully saturated rings. The van der Waals surface area contributed by atoms with Gasteiger partial charge < -0.3 is 10.5 Å². The van der Waals surface area contributed by atoms with Crippen molar-refractivity contribution < 1.29 is 17.9 Å². The maximum absolute atomic E-state index is 12.9. The first-order valence-corrected chi connectivity index (χ1v) is 10.1. The van der Waals surface area contributed by atoms with Gasteiger partial charge in [-0.15, -0.1) is 23.7 Å². The lowest BCUT2D eigenvalue weighted by molar-refractivity contribution is 0.0602. The summed E-state index contributed by atoms with van der Waals surface area (Å²) < 4.78 is 33.9. The summed E-state index contributed by atoms with van der Waals surface area (Å²) in [6, 6.07) is 6.65. The first-order chi connectivity index (χ1) is 11.4. The number of thiophene rings is 1. The highest BCUT2D eigenvalue weighted by molar-refractivity contribution is 7.90. The summed E-state index contributed by atoms with van der Waals surface area (Å²) in [4.78, 5) is 12.1. The average molecular weight is 407 g/mol. The lowest BCUT2D eigenvalue weighted by Crippen LogP contribution is -2.40. The zero-order valence-electron chi connectivity index (χ0n) is 14.2. The van der Waals surface area contributed by atoms with Crippen LogP contribution in [-0.2, 0) is 14.8 Å². The minimum absolute atomic E-state index is 0. The number of nitrogens with one attached hydrogen (secondary N) is 1. The van der Waals surface area contributed by atoms with Crippen LogP contribution in [0.25, 0.3) is 10.1 Å². The third-order valence-corrected chi connectivity index (χ3v) is 6.59. The maximum atomic E-state index is 12.9. The zero-order chi connectivity index (χ0) is 17.7. The number of nitrogens with two attached hydrogens (primary N) is 1. The van der Waals surface area contributed by atoms with E-state index >= 15 is 0 Å². The Hall–Kier alpha value is -1.19. The van der Waals surface area contributed by atoms with Crippen molar-refractivity contribution in [2.75, 3.05) is 13.7 Å². The second-order valence-corrected chi connectivity index (χ2v) is 8.15. The quantitative estimate of drug-likeness (QED) is 0.656. The molecule has 1 unspecified atom stereocenters. The van der Waals surface area contributed by atoms with Crippen molar-refractivity contribution in [3.63, 3.8) is 0 Å². The third kappa shape index (κ3) is 4.92. The highest BCUT2D eigenvalue weighted by Gasteiger charge is 2.30. The van der Waals surface area contributed by atoms with Crippen molar-refractivity contribution in [1.29, 1.82) is 0 Å². The van der Waals surface area contributed by atoms with Gasteiger partial charge in [-0.05, 0) is 12.5 Å². The van der Waals surface area contributed by atoms with Gasteiger partial charge in [-0.1, -0.05) is 38.0 Å². The van der Waals surface area contributed by atoms with E-state index in [4.69, 9.17) is 10.5 Å². The first kappa shape index (κ1) is 21.9. The van der Waals surface area contributed by atoms with Crippen LogP contribution in [0, 0.1) is 0 Å². The summed E-state index contributed by atoms with van der Waals surface area (Å²) >= 11 is 1.11. The summed E-state index contributed by atoms with van der Waals surface area (Å²) in [6.07, 6.45) is 2.48. The summed E-state index contributed by atoms with van der Waals surface area (Å²) in [5.74, 6) is -0.658. The lowest BCUT2D eigenvalue weighted by atomic mass is 10.1. The van der Waals surface area contributed by atoms with E-state index in [2.05, 4.69) is 4.72 Å². The van der Waals surface area contributed by atoms with Crippen LogP contribution in [0.15, 0.2) is 29.2 Å². The second-order valence-electron chi connectivity index (χ2n) is 5.44. The van der Waals surface area contributed by atoms with E-state index in [0.29, 0.717) is 11.8 Å². The number of carbonyl (C=O) groups is 1. The molecule has 6 nitrogen and oxygen atoms in total. The fourth-order valence-electron chi connectivity index (χ4n) is 2.47. The van der Waals surface area contributed by atoms with Crippen molar-refractivity contribution >= 4 is 49.8 Å². The Balaban J connectivity index is 0.00000312. The molecule has 1 atom stereocenters. The molecule has 0 saturated carbocycles. The number of carbonyl (C=O) groups excluding carboxylic acids is 1. The van der Waals surface area contributed by atoms with Gasteiger partial charge in [0, 0.05) is 22.7 Å². The smallest absolute Gasteiger partial charge is 0.349 e. The predicted molar refractivity (Wildman–Crippen MR) is 103 cm³/mol. The van der Waals surface area contributed by atoms with E-state index in [-0.39, 0.29) is 34.8 Å². The molecule has 0 spiro atoms. The minimum Gasteiger partial charge on any atom is -0.465 e. The van der Waals surface area contributed by atoms with Gasteiger partial charge in [0.2, 0.25) is 10.0 Å². The number of esters is 1. The average Bonchev–Trinajstić information content (AvgIpc) is 2.98. The highest BCUT2D eigenvalue weighted by atomic mass is 35.5. The van der Waals surface area contributed by atoms with Gasteiger partial charge in [-0.2, -0.15) is 0 Å². The molecule has 3 N–H and O–H groups in total. The fraction of sp³-hybridized carbons (Fsp3) is 0.438. The van der Waals surface area contributed by atoms with E-state index in [1.807, 2.05) is 6.92 Å². The standard InChI is InChI=1S/C16H22N2O4S2.ClH/c1-3-4-7-11(10-17)18-24(20,21)15-12-8-5-6-9-13(12)23-14(15)16(19)22-2;/h5-6,8-9,11,18H,3-4,7,10,17H2,1-2H3;1H. The van der Waals surface area contributed by atoms with E-state index in [1.165, 1.54) is 7.11 Å². The largest absolute Gasteiger partial charge is 0.465 e. The number of halogens is 1. The van der Waals surface area contributed by atoms with E-state index in [0.717, 1.165) is 28.9 Å². The molecule has 0 radical (unpaired) electrons. The van der Waals surface area contributed by atoms with Crippen LogP contribution >= 0.6 is 23.7 Å². The molecule has 0 bridgehead atoms. The molecule has 0 saturated heterocycles. The highest BCUT2D eigenvalue weighted by Crippen LogP contribution is 2.35.